The second-order valence-corrected chi connectivity index (χ2v) is 1.66. The van der Waals surface area contributed by atoms with Crippen molar-refractivity contribution in [1.82, 2.24) is 0 Å². The molecule has 1 aromatic heterocycles. The second kappa shape index (κ2) is 2.32. The molecule has 0 radical (unpaired) electrons. The van der Waals surface area contributed by atoms with Crippen LogP contribution in [-0.4, -0.2) is 0 Å². The maximum Gasteiger partial charge on any atom is 0.192 e. The number of nitrogen functional groups attached to an aromatic ring is 2. The minimum atomic E-state index is 0.611. The van der Waals surface area contributed by atoms with Crippen LogP contribution in [0.2, 0.25) is 0 Å². The Morgan fingerprint density at radius 2 is 2.33 bits per heavy atom. The second-order valence-electron chi connectivity index (χ2n) is 1.66. The van der Waals surface area contributed by atoms with E-state index in [0.717, 1.165) is 5.69 Å². The number of anilines is 2. The van der Waals surface area contributed by atoms with Crippen molar-refractivity contribution < 1.29 is 4.98 Å². The highest BCUT2D eigenvalue weighted by Gasteiger charge is 1.95. The van der Waals surface area contributed by atoms with Crippen molar-refractivity contribution in [2.75, 3.05) is 11.2 Å². The maximum atomic E-state index is 5.46. The Morgan fingerprint density at radius 1 is 1.56 bits per heavy atom. The zero-order valence-corrected chi connectivity index (χ0v) is 4.89. The molecule has 0 bridgehead atoms. The highest BCUT2D eigenvalue weighted by Crippen LogP contribution is 2.10. The number of aromatic nitrogens is 1. The number of hydrogen-bond acceptors (Lipinski definition) is 3. The molecule has 0 aliphatic rings. The van der Waals surface area contributed by atoms with Crippen molar-refractivity contribution in [2.45, 2.75) is 0 Å². The van der Waals surface area contributed by atoms with Crippen LogP contribution in [0.1, 0.15) is 0 Å². The molecule has 0 aliphatic carbocycles. The summed E-state index contributed by atoms with van der Waals surface area (Å²) in [4.78, 5) is 2.81. The zero-order valence-electron chi connectivity index (χ0n) is 4.89. The van der Waals surface area contributed by atoms with E-state index in [1.54, 1.807) is 18.5 Å². The van der Waals surface area contributed by atoms with Crippen molar-refractivity contribution >= 4 is 11.4 Å². The van der Waals surface area contributed by atoms with Gasteiger partial charge in [0.05, 0.1) is 5.69 Å². The van der Waals surface area contributed by atoms with Gasteiger partial charge in [-0.15, -0.1) is 0 Å². The minimum absolute atomic E-state index is 0.611. The van der Waals surface area contributed by atoms with Gasteiger partial charge in [-0.05, 0) is 0 Å². The highest BCUT2D eigenvalue weighted by molar-refractivity contribution is 5.62. The largest absolute Gasteiger partial charge is 0.392 e. The fraction of sp³-hybridized carbons (Fsp3) is 0. The van der Waals surface area contributed by atoms with Gasteiger partial charge in [0.1, 0.15) is 5.69 Å². The molecule has 0 fully saturated rings. The molecular formula is C5H9N4+. The van der Waals surface area contributed by atoms with Gasteiger partial charge in [0.25, 0.3) is 0 Å². The molecule has 48 valence electrons. The first-order valence-electron chi connectivity index (χ1n) is 2.57. The molecule has 0 aliphatic heterocycles. The van der Waals surface area contributed by atoms with E-state index in [2.05, 4.69) is 10.4 Å². The molecule has 4 nitrogen and oxygen atoms in total. The van der Waals surface area contributed by atoms with E-state index in [-0.39, 0.29) is 0 Å². The molecule has 0 unspecified atom stereocenters. The monoisotopic (exact) mass is 125 g/mol. The van der Waals surface area contributed by atoms with Gasteiger partial charge in [0.15, 0.2) is 12.4 Å². The van der Waals surface area contributed by atoms with Crippen LogP contribution in [0.3, 0.4) is 0 Å². The van der Waals surface area contributed by atoms with Crippen molar-refractivity contribution in [2.24, 2.45) is 5.84 Å². The van der Waals surface area contributed by atoms with Crippen LogP contribution in [0.15, 0.2) is 18.5 Å². The minimum Gasteiger partial charge on any atom is -0.392 e. The quantitative estimate of drug-likeness (QED) is 0.345. The molecule has 0 spiro atoms. The van der Waals surface area contributed by atoms with Crippen molar-refractivity contribution in [3.05, 3.63) is 18.5 Å². The van der Waals surface area contributed by atoms with E-state index in [1.165, 1.54) is 0 Å². The molecule has 1 rings (SSSR count). The van der Waals surface area contributed by atoms with Crippen LogP contribution in [0.25, 0.3) is 0 Å². The number of nitrogens with one attached hydrogen (secondary N) is 2. The fourth-order valence-corrected chi connectivity index (χ4v) is 0.575. The summed E-state index contributed by atoms with van der Waals surface area (Å²) >= 11 is 0. The lowest BCUT2D eigenvalue weighted by Gasteiger charge is -1.97. The van der Waals surface area contributed by atoms with Gasteiger partial charge >= 0.3 is 0 Å². The average molecular weight is 125 g/mol. The summed E-state index contributed by atoms with van der Waals surface area (Å²) in [6.45, 7) is 0. The van der Waals surface area contributed by atoms with Crippen LogP contribution < -0.4 is 22.0 Å². The third-order valence-electron chi connectivity index (χ3n) is 1.05. The summed E-state index contributed by atoms with van der Waals surface area (Å²) in [7, 11) is 0. The summed E-state index contributed by atoms with van der Waals surface area (Å²) in [5.74, 6) is 5.11. The summed E-state index contributed by atoms with van der Waals surface area (Å²) in [6.07, 6.45) is 3.40. The zero-order chi connectivity index (χ0) is 6.69. The van der Waals surface area contributed by atoms with E-state index >= 15 is 0 Å². The molecule has 9 heavy (non-hydrogen) atoms. The number of H-pyrrole nitrogens is 1. The maximum absolute atomic E-state index is 5.46. The van der Waals surface area contributed by atoms with Crippen molar-refractivity contribution in [3.8, 4) is 0 Å². The first-order chi connectivity index (χ1) is 4.34. The lowest BCUT2D eigenvalue weighted by molar-refractivity contribution is -0.376. The van der Waals surface area contributed by atoms with Gasteiger partial charge in [-0.2, -0.15) is 0 Å². The molecular weight excluding hydrogens is 116 g/mol. The topological polar surface area (TPSA) is 78.2 Å². The Morgan fingerprint density at radius 3 is 2.78 bits per heavy atom. The summed E-state index contributed by atoms with van der Waals surface area (Å²) in [6, 6.07) is 1.76. The number of hydrogen-bond donors (Lipinski definition) is 3. The third kappa shape index (κ3) is 1.09. The predicted molar refractivity (Wildman–Crippen MR) is 35.2 cm³/mol. The molecule has 0 amide bonds. The molecule has 1 aromatic rings. The average Bonchev–Trinajstić information content (AvgIpc) is 1.89. The van der Waals surface area contributed by atoms with Crippen LogP contribution >= 0.6 is 0 Å². The van der Waals surface area contributed by atoms with E-state index in [0.29, 0.717) is 5.69 Å². The van der Waals surface area contributed by atoms with Crippen LogP contribution in [0, 0.1) is 0 Å². The van der Waals surface area contributed by atoms with E-state index in [9.17, 15) is 0 Å². The van der Waals surface area contributed by atoms with Crippen LogP contribution in [-0.2, 0) is 0 Å². The van der Waals surface area contributed by atoms with Gasteiger partial charge in [-0.3, -0.25) is 5.84 Å². The molecule has 1 heterocycles. The van der Waals surface area contributed by atoms with Gasteiger partial charge in [-0.25, -0.2) is 4.98 Å². The predicted octanol–water partition coefficient (Wildman–Crippen LogP) is -0.632. The Kier molecular flexibility index (Phi) is 1.51. The third-order valence-corrected chi connectivity index (χ3v) is 1.05. The Labute approximate surface area is 52.9 Å². The van der Waals surface area contributed by atoms with Crippen molar-refractivity contribution in [1.29, 1.82) is 0 Å². The number of aromatic amines is 1. The van der Waals surface area contributed by atoms with Gasteiger partial charge in [0.2, 0.25) is 0 Å². The number of hydrazine groups is 1. The Bertz CT molecular complexity index is 198. The first-order valence-corrected chi connectivity index (χ1v) is 2.57. The Balaban J connectivity index is 3.01. The van der Waals surface area contributed by atoms with Gasteiger partial charge < -0.3 is 11.2 Å². The first kappa shape index (κ1) is 5.84. The van der Waals surface area contributed by atoms with E-state index in [4.69, 9.17) is 11.6 Å². The molecule has 0 saturated heterocycles. The van der Waals surface area contributed by atoms with E-state index < -0.39 is 0 Å². The molecule has 0 atom stereocenters. The molecule has 0 aromatic carbocycles. The lowest BCUT2D eigenvalue weighted by atomic mass is 10.4. The molecule has 6 N–H and O–H groups in total. The summed E-state index contributed by atoms with van der Waals surface area (Å²) in [5.41, 5.74) is 9.25. The Hall–Kier alpha value is -1.29. The lowest BCUT2D eigenvalue weighted by Crippen LogP contribution is -2.11. The fourth-order valence-electron chi connectivity index (χ4n) is 0.575. The van der Waals surface area contributed by atoms with Crippen molar-refractivity contribution in [3.63, 3.8) is 0 Å². The van der Waals surface area contributed by atoms with Crippen LogP contribution in [0.4, 0.5) is 11.4 Å². The SMILES string of the molecule is NNc1cc[nH+]cc1N. The normalized spacial score (nSPS) is 9.00. The molecule has 0 saturated carbocycles. The smallest absolute Gasteiger partial charge is 0.192 e. The summed E-state index contributed by atoms with van der Waals surface area (Å²) < 4.78 is 0. The van der Waals surface area contributed by atoms with Gasteiger partial charge in [-0.1, -0.05) is 0 Å². The highest BCUT2D eigenvalue weighted by atomic mass is 15.2. The molecule has 4 heteroatoms. The number of nitrogens with two attached hydrogens (primary N) is 2. The number of pyridine rings is 1. The standard InChI is InChI=1S/C5H8N4/c6-4-3-8-2-1-5(4)9-7/h1-3H,6-7H2,(H,8,9)/p+1. The summed E-state index contributed by atoms with van der Waals surface area (Å²) in [5, 5.41) is 0. The van der Waals surface area contributed by atoms with Crippen LogP contribution in [0.5, 0.6) is 0 Å². The van der Waals surface area contributed by atoms with E-state index in [1.807, 2.05) is 0 Å². The van der Waals surface area contributed by atoms with Gasteiger partial charge in [0, 0.05) is 6.07 Å². The number of rotatable bonds is 1.